The van der Waals surface area contributed by atoms with Crippen LogP contribution in [0, 0.1) is 12.8 Å². The summed E-state index contributed by atoms with van der Waals surface area (Å²) in [7, 11) is 0. The van der Waals surface area contributed by atoms with Gasteiger partial charge in [0.25, 0.3) is 0 Å². The first-order valence-corrected chi connectivity index (χ1v) is 7.39. The van der Waals surface area contributed by atoms with Gasteiger partial charge >= 0.3 is 12.0 Å². The lowest BCUT2D eigenvalue weighted by atomic mass is 9.93. The van der Waals surface area contributed by atoms with Gasteiger partial charge in [0.1, 0.15) is 0 Å². The Bertz CT molecular complexity index is 516. The lowest BCUT2D eigenvalue weighted by molar-refractivity contribution is -0.137. The van der Waals surface area contributed by atoms with Crippen LogP contribution >= 0.6 is 0 Å². The van der Waals surface area contributed by atoms with Crippen molar-refractivity contribution in [1.82, 2.24) is 4.90 Å². The smallest absolute Gasteiger partial charge is 0.321 e. The highest BCUT2D eigenvalue weighted by Gasteiger charge is 2.24. The lowest BCUT2D eigenvalue weighted by Crippen LogP contribution is -2.42. The van der Waals surface area contributed by atoms with E-state index in [0.717, 1.165) is 30.6 Å². The molecule has 0 aliphatic carbocycles. The number of carboxylic acids is 1. The molecule has 5 nitrogen and oxygen atoms in total. The summed E-state index contributed by atoms with van der Waals surface area (Å²) in [4.78, 5) is 24.7. The molecule has 114 valence electrons. The van der Waals surface area contributed by atoms with Crippen LogP contribution in [-0.4, -0.2) is 35.1 Å². The molecule has 0 bridgehead atoms. The third kappa shape index (κ3) is 4.77. The normalized spacial score (nSPS) is 18.3. The summed E-state index contributed by atoms with van der Waals surface area (Å²) < 4.78 is 0. The fourth-order valence-electron chi connectivity index (χ4n) is 2.74. The molecule has 1 aliphatic rings. The largest absolute Gasteiger partial charge is 0.481 e. The Labute approximate surface area is 125 Å². The number of aliphatic carboxylic acids is 1. The number of likely N-dealkylation sites (tertiary alicyclic amines) is 1. The van der Waals surface area contributed by atoms with E-state index in [1.165, 1.54) is 0 Å². The Morgan fingerprint density at radius 1 is 1.43 bits per heavy atom. The first-order chi connectivity index (χ1) is 10.0. The van der Waals surface area contributed by atoms with E-state index in [-0.39, 0.29) is 18.4 Å². The summed E-state index contributed by atoms with van der Waals surface area (Å²) >= 11 is 0. The molecule has 1 atom stereocenters. The minimum absolute atomic E-state index is 0.0966. The van der Waals surface area contributed by atoms with Crippen LogP contribution in [0.25, 0.3) is 0 Å². The quantitative estimate of drug-likeness (QED) is 0.895. The summed E-state index contributed by atoms with van der Waals surface area (Å²) in [6.45, 7) is 3.37. The molecule has 21 heavy (non-hydrogen) atoms. The van der Waals surface area contributed by atoms with Crippen molar-refractivity contribution in [3.05, 3.63) is 29.8 Å². The molecule has 0 saturated carbocycles. The van der Waals surface area contributed by atoms with Gasteiger partial charge in [0.2, 0.25) is 0 Å². The van der Waals surface area contributed by atoms with Gasteiger partial charge in [0.15, 0.2) is 0 Å². The molecule has 0 spiro atoms. The van der Waals surface area contributed by atoms with E-state index in [9.17, 15) is 9.59 Å². The van der Waals surface area contributed by atoms with Crippen LogP contribution in [0.3, 0.4) is 0 Å². The summed E-state index contributed by atoms with van der Waals surface area (Å²) in [6, 6.07) is 7.61. The van der Waals surface area contributed by atoms with E-state index in [0.29, 0.717) is 13.0 Å². The second-order valence-corrected chi connectivity index (χ2v) is 5.69. The molecule has 1 aromatic rings. The van der Waals surface area contributed by atoms with Crippen molar-refractivity contribution in [2.75, 3.05) is 18.4 Å². The maximum absolute atomic E-state index is 12.3. The van der Waals surface area contributed by atoms with Crippen molar-refractivity contribution in [2.45, 2.75) is 32.6 Å². The number of anilines is 1. The molecular weight excluding hydrogens is 268 g/mol. The third-order valence-corrected chi connectivity index (χ3v) is 3.84. The minimum Gasteiger partial charge on any atom is -0.481 e. The average molecular weight is 290 g/mol. The van der Waals surface area contributed by atoms with Gasteiger partial charge in [-0.05, 0) is 49.8 Å². The fraction of sp³-hybridized carbons (Fsp3) is 0.500. The van der Waals surface area contributed by atoms with Gasteiger partial charge in [0, 0.05) is 25.2 Å². The van der Waals surface area contributed by atoms with E-state index in [1.807, 2.05) is 31.2 Å². The molecule has 1 aliphatic heterocycles. The zero-order chi connectivity index (χ0) is 15.2. The Hall–Kier alpha value is -2.04. The zero-order valence-corrected chi connectivity index (χ0v) is 12.3. The number of nitrogens with one attached hydrogen (secondary N) is 1. The molecule has 1 aromatic carbocycles. The van der Waals surface area contributed by atoms with Crippen LogP contribution in [0.4, 0.5) is 10.5 Å². The number of aryl methyl sites for hydroxylation is 1. The second kappa shape index (κ2) is 7.11. The van der Waals surface area contributed by atoms with Crippen LogP contribution in [0.2, 0.25) is 0 Å². The summed E-state index contributed by atoms with van der Waals surface area (Å²) in [5.41, 5.74) is 1.90. The zero-order valence-electron chi connectivity index (χ0n) is 12.3. The number of hydrogen-bond donors (Lipinski definition) is 2. The predicted molar refractivity (Wildman–Crippen MR) is 81.4 cm³/mol. The molecule has 2 N–H and O–H groups in total. The topological polar surface area (TPSA) is 69.6 Å². The number of urea groups is 1. The SMILES string of the molecule is Cc1cccc(NC(=O)N2CCCC(CCC(=O)O)C2)c1. The summed E-state index contributed by atoms with van der Waals surface area (Å²) in [5.74, 6) is -0.477. The number of carbonyl (C=O) groups is 2. The molecule has 0 aromatic heterocycles. The molecular formula is C16H22N2O3. The number of nitrogens with zero attached hydrogens (tertiary/aromatic N) is 1. The lowest BCUT2D eigenvalue weighted by Gasteiger charge is -2.32. The number of benzene rings is 1. The maximum atomic E-state index is 12.3. The van der Waals surface area contributed by atoms with Crippen LogP contribution in [-0.2, 0) is 4.79 Å². The average Bonchev–Trinajstić information content (AvgIpc) is 2.45. The van der Waals surface area contributed by atoms with Crippen molar-refractivity contribution in [1.29, 1.82) is 0 Å². The van der Waals surface area contributed by atoms with Crippen LogP contribution in [0.5, 0.6) is 0 Å². The van der Waals surface area contributed by atoms with Crippen molar-refractivity contribution in [3.63, 3.8) is 0 Å². The Kier molecular flexibility index (Phi) is 5.20. The number of amides is 2. The van der Waals surface area contributed by atoms with Crippen molar-refractivity contribution in [3.8, 4) is 0 Å². The number of rotatable bonds is 4. The number of carbonyl (C=O) groups excluding carboxylic acids is 1. The fourth-order valence-corrected chi connectivity index (χ4v) is 2.74. The van der Waals surface area contributed by atoms with E-state index in [2.05, 4.69) is 5.32 Å². The molecule has 1 heterocycles. The number of carboxylic acid groups (broad SMARTS) is 1. The second-order valence-electron chi connectivity index (χ2n) is 5.69. The number of hydrogen-bond acceptors (Lipinski definition) is 2. The monoisotopic (exact) mass is 290 g/mol. The summed E-state index contributed by atoms with van der Waals surface area (Å²) in [6.07, 6.45) is 2.76. The van der Waals surface area contributed by atoms with E-state index < -0.39 is 5.97 Å². The Morgan fingerprint density at radius 2 is 2.24 bits per heavy atom. The maximum Gasteiger partial charge on any atom is 0.321 e. The van der Waals surface area contributed by atoms with E-state index >= 15 is 0 Å². The minimum atomic E-state index is -0.767. The third-order valence-electron chi connectivity index (χ3n) is 3.84. The molecule has 0 radical (unpaired) electrons. The molecule has 2 amide bonds. The van der Waals surface area contributed by atoms with Gasteiger partial charge < -0.3 is 15.3 Å². The van der Waals surface area contributed by atoms with Gasteiger partial charge in [-0.2, -0.15) is 0 Å². The standard InChI is InChI=1S/C16H22N2O3/c1-12-4-2-6-14(10-12)17-16(21)18-9-3-5-13(11-18)7-8-15(19)20/h2,4,6,10,13H,3,5,7-9,11H2,1H3,(H,17,21)(H,19,20). The molecule has 1 unspecified atom stereocenters. The van der Waals surface area contributed by atoms with Gasteiger partial charge in [-0.25, -0.2) is 4.79 Å². The van der Waals surface area contributed by atoms with Gasteiger partial charge in [-0.15, -0.1) is 0 Å². The van der Waals surface area contributed by atoms with Gasteiger partial charge in [-0.1, -0.05) is 12.1 Å². The highest BCUT2D eigenvalue weighted by Crippen LogP contribution is 2.22. The highest BCUT2D eigenvalue weighted by atomic mass is 16.4. The van der Waals surface area contributed by atoms with Crippen molar-refractivity contribution in [2.24, 2.45) is 5.92 Å². The predicted octanol–water partition coefficient (Wildman–Crippen LogP) is 3.10. The van der Waals surface area contributed by atoms with Crippen molar-refractivity contribution >= 4 is 17.7 Å². The number of piperidine rings is 1. The Morgan fingerprint density at radius 3 is 2.95 bits per heavy atom. The first-order valence-electron chi connectivity index (χ1n) is 7.39. The first kappa shape index (κ1) is 15.4. The highest BCUT2D eigenvalue weighted by molar-refractivity contribution is 5.89. The molecule has 5 heteroatoms. The van der Waals surface area contributed by atoms with Crippen LogP contribution in [0.1, 0.15) is 31.2 Å². The Balaban J connectivity index is 1.88. The van der Waals surface area contributed by atoms with Crippen LogP contribution in [0.15, 0.2) is 24.3 Å². The summed E-state index contributed by atoms with van der Waals surface area (Å²) in [5, 5.41) is 11.7. The van der Waals surface area contributed by atoms with E-state index in [4.69, 9.17) is 5.11 Å². The van der Waals surface area contributed by atoms with Gasteiger partial charge in [0.05, 0.1) is 0 Å². The van der Waals surface area contributed by atoms with Crippen LogP contribution < -0.4 is 5.32 Å². The molecule has 2 rings (SSSR count). The molecule has 1 fully saturated rings. The van der Waals surface area contributed by atoms with Gasteiger partial charge in [-0.3, -0.25) is 4.79 Å². The van der Waals surface area contributed by atoms with Crippen molar-refractivity contribution < 1.29 is 14.7 Å². The molecule has 1 saturated heterocycles. The van der Waals surface area contributed by atoms with E-state index in [1.54, 1.807) is 4.90 Å².